The number of carbonyl (C=O) groups excluding carboxylic acids is 2. The predicted octanol–water partition coefficient (Wildman–Crippen LogP) is 2.50. The first kappa shape index (κ1) is 20.1. The second kappa shape index (κ2) is 10.1. The third kappa shape index (κ3) is 5.91. The summed E-state index contributed by atoms with van der Waals surface area (Å²) in [6.45, 7) is 4.66. The topological polar surface area (TPSA) is 85.9 Å². The van der Waals surface area contributed by atoms with Gasteiger partial charge in [-0.1, -0.05) is 12.1 Å². The van der Waals surface area contributed by atoms with Crippen molar-refractivity contribution in [2.24, 2.45) is 0 Å². The number of amides is 2. The number of hydrazine groups is 1. The highest BCUT2D eigenvalue weighted by Crippen LogP contribution is 2.28. The lowest BCUT2D eigenvalue weighted by Gasteiger charge is -2.13. The Kier molecular flexibility index (Phi) is 7.49. The van der Waals surface area contributed by atoms with Crippen molar-refractivity contribution in [1.29, 1.82) is 0 Å². The van der Waals surface area contributed by atoms with Crippen LogP contribution in [0.1, 0.15) is 29.8 Å². The maximum atomic E-state index is 12.3. The van der Waals surface area contributed by atoms with Crippen molar-refractivity contribution < 1.29 is 23.8 Å². The number of benzene rings is 2. The zero-order valence-electron chi connectivity index (χ0n) is 15.7. The van der Waals surface area contributed by atoms with Gasteiger partial charge in [0.1, 0.15) is 5.75 Å². The number of methoxy groups -OCH3 is 1. The van der Waals surface area contributed by atoms with E-state index >= 15 is 0 Å². The molecule has 2 rings (SSSR count). The van der Waals surface area contributed by atoms with Crippen LogP contribution in [0.25, 0.3) is 0 Å². The van der Waals surface area contributed by atoms with Crippen LogP contribution in [0.5, 0.6) is 17.2 Å². The van der Waals surface area contributed by atoms with E-state index in [2.05, 4.69) is 10.9 Å². The quantitative estimate of drug-likeness (QED) is 0.696. The van der Waals surface area contributed by atoms with Gasteiger partial charge in [0.05, 0.1) is 26.7 Å². The summed E-state index contributed by atoms with van der Waals surface area (Å²) >= 11 is 0. The summed E-state index contributed by atoms with van der Waals surface area (Å²) in [5, 5.41) is 0. The number of hydrogen-bond donors (Lipinski definition) is 2. The molecule has 7 nitrogen and oxygen atoms in total. The van der Waals surface area contributed by atoms with Crippen molar-refractivity contribution in [2.45, 2.75) is 20.3 Å². The van der Waals surface area contributed by atoms with Gasteiger partial charge in [-0.05, 0) is 49.7 Å². The Morgan fingerprint density at radius 1 is 0.889 bits per heavy atom. The Morgan fingerprint density at radius 2 is 1.56 bits per heavy atom. The molecule has 2 aromatic rings. The van der Waals surface area contributed by atoms with Crippen LogP contribution >= 0.6 is 0 Å². The standard InChI is InChI=1S/C20H24N2O5/c1-4-26-17-11-8-15(13-18(17)27-5-2)20(24)22-21-19(23)12-14-6-9-16(25-3)10-7-14/h6-11,13H,4-5,12H2,1-3H3,(H,21,23)(H,22,24). The Labute approximate surface area is 158 Å². The molecule has 0 saturated carbocycles. The van der Waals surface area contributed by atoms with E-state index in [1.807, 2.05) is 13.8 Å². The highest BCUT2D eigenvalue weighted by molar-refractivity contribution is 5.96. The fourth-order valence-corrected chi connectivity index (χ4v) is 2.36. The van der Waals surface area contributed by atoms with Crippen molar-refractivity contribution in [1.82, 2.24) is 10.9 Å². The average molecular weight is 372 g/mol. The third-order valence-electron chi connectivity index (χ3n) is 3.64. The molecule has 0 aliphatic carbocycles. The molecule has 2 aromatic carbocycles. The molecule has 0 saturated heterocycles. The lowest BCUT2D eigenvalue weighted by Crippen LogP contribution is -2.42. The molecular formula is C20H24N2O5. The van der Waals surface area contributed by atoms with Gasteiger partial charge in [-0.15, -0.1) is 0 Å². The molecular weight excluding hydrogens is 348 g/mol. The van der Waals surface area contributed by atoms with Crippen LogP contribution in [0.15, 0.2) is 42.5 Å². The number of hydrogen-bond acceptors (Lipinski definition) is 5. The molecule has 2 amide bonds. The molecule has 0 aromatic heterocycles. The minimum absolute atomic E-state index is 0.137. The Balaban J connectivity index is 1.93. The van der Waals surface area contributed by atoms with Crippen molar-refractivity contribution in [2.75, 3.05) is 20.3 Å². The maximum absolute atomic E-state index is 12.3. The van der Waals surface area contributed by atoms with Crippen molar-refractivity contribution >= 4 is 11.8 Å². The SMILES string of the molecule is CCOc1ccc(C(=O)NNC(=O)Cc2ccc(OC)cc2)cc1OCC. The van der Waals surface area contributed by atoms with E-state index in [1.54, 1.807) is 49.6 Å². The Bertz CT molecular complexity index is 774. The number of rotatable bonds is 8. The Hall–Kier alpha value is -3.22. The van der Waals surface area contributed by atoms with Crippen LogP contribution in [-0.4, -0.2) is 32.1 Å². The molecule has 0 bridgehead atoms. The van der Waals surface area contributed by atoms with Crippen molar-refractivity contribution in [3.63, 3.8) is 0 Å². The maximum Gasteiger partial charge on any atom is 0.269 e. The van der Waals surface area contributed by atoms with Gasteiger partial charge in [0.25, 0.3) is 5.91 Å². The van der Waals surface area contributed by atoms with Gasteiger partial charge in [0, 0.05) is 5.56 Å². The number of carbonyl (C=O) groups is 2. The minimum Gasteiger partial charge on any atom is -0.497 e. The van der Waals surface area contributed by atoms with E-state index in [9.17, 15) is 9.59 Å². The lowest BCUT2D eigenvalue weighted by atomic mass is 10.1. The normalized spacial score (nSPS) is 10.0. The zero-order chi connectivity index (χ0) is 19.6. The first-order chi connectivity index (χ1) is 13.1. The van der Waals surface area contributed by atoms with Crippen molar-refractivity contribution in [3.8, 4) is 17.2 Å². The van der Waals surface area contributed by atoms with E-state index in [4.69, 9.17) is 14.2 Å². The van der Waals surface area contributed by atoms with Gasteiger partial charge in [-0.2, -0.15) is 0 Å². The van der Waals surface area contributed by atoms with E-state index in [-0.39, 0.29) is 12.3 Å². The minimum atomic E-state index is -0.443. The summed E-state index contributed by atoms with van der Waals surface area (Å²) in [6, 6.07) is 12.0. The molecule has 0 radical (unpaired) electrons. The van der Waals surface area contributed by atoms with Crippen LogP contribution in [-0.2, 0) is 11.2 Å². The van der Waals surface area contributed by atoms with E-state index in [0.717, 1.165) is 5.56 Å². The highest BCUT2D eigenvalue weighted by atomic mass is 16.5. The van der Waals surface area contributed by atoms with Gasteiger partial charge in [-0.3, -0.25) is 20.4 Å². The third-order valence-corrected chi connectivity index (χ3v) is 3.64. The zero-order valence-corrected chi connectivity index (χ0v) is 15.7. The molecule has 0 aliphatic rings. The monoisotopic (exact) mass is 372 g/mol. The first-order valence-electron chi connectivity index (χ1n) is 8.69. The summed E-state index contributed by atoms with van der Waals surface area (Å²) in [4.78, 5) is 24.3. The molecule has 0 aliphatic heterocycles. The smallest absolute Gasteiger partial charge is 0.269 e. The molecule has 144 valence electrons. The second-order valence-electron chi connectivity index (χ2n) is 5.55. The summed E-state index contributed by atoms with van der Waals surface area (Å²) in [6.07, 6.45) is 0.137. The van der Waals surface area contributed by atoms with Crippen LogP contribution in [0.2, 0.25) is 0 Å². The highest BCUT2D eigenvalue weighted by Gasteiger charge is 2.12. The summed E-state index contributed by atoms with van der Waals surface area (Å²) < 4.78 is 16.0. The number of nitrogens with one attached hydrogen (secondary N) is 2. The predicted molar refractivity (Wildman–Crippen MR) is 101 cm³/mol. The second-order valence-corrected chi connectivity index (χ2v) is 5.55. The fraction of sp³-hybridized carbons (Fsp3) is 0.300. The van der Waals surface area contributed by atoms with Crippen LogP contribution in [0.4, 0.5) is 0 Å². The van der Waals surface area contributed by atoms with Crippen LogP contribution in [0.3, 0.4) is 0 Å². The van der Waals surface area contributed by atoms with Gasteiger partial charge < -0.3 is 14.2 Å². The summed E-state index contributed by atoms with van der Waals surface area (Å²) in [5.41, 5.74) is 5.97. The van der Waals surface area contributed by atoms with Crippen LogP contribution < -0.4 is 25.1 Å². The molecule has 7 heteroatoms. The largest absolute Gasteiger partial charge is 0.497 e. The molecule has 27 heavy (non-hydrogen) atoms. The molecule has 0 atom stereocenters. The fourth-order valence-electron chi connectivity index (χ4n) is 2.36. The molecule has 0 unspecified atom stereocenters. The van der Waals surface area contributed by atoms with Crippen LogP contribution in [0, 0.1) is 0 Å². The van der Waals surface area contributed by atoms with E-state index in [0.29, 0.717) is 36.0 Å². The summed E-state index contributed by atoms with van der Waals surface area (Å²) in [7, 11) is 1.58. The number of ether oxygens (including phenoxy) is 3. The van der Waals surface area contributed by atoms with E-state index in [1.165, 1.54) is 0 Å². The molecule has 2 N–H and O–H groups in total. The molecule has 0 heterocycles. The Morgan fingerprint density at radius 3 is 2.19 bits per heavy atom. The molecule has 0 spiro atoms. The first-order valence-corrected chi connectivity index (χ1v) is 8.69. The van der Waals surface area contributed by atoms with Gasteiger partial charge in [0.15, 0.2) is 11.5 Å². The van der Waals surface area contributed by atoms with Gasteiger partial charge >= 0.3 is 0 Å². The lowest BCUT2D eigenvalue weighted by molar-refractivity contribution is -0.121. The summed E-state index contributed by atoms with van der Waals surface area (Å²) in [5.74, 6) is 0.996. The van der Waals surface area contributed by atoms with Gasteiger partial charge in [-0.25, -0.2) is 0 Å². The van der Waals surface area contributed by atoms with E-state index < -0.39 is 5.91 Å². The molecule has 0 fully saturated rings. The van der Waals surface area contributed by atoms with Gasteiger partial charge in [0.2, 0.25) is 5.91 Å². The average Bonchev–Trinajstić information content (AvgIpc) is 2.68. The van der Waals surface area contributed by atoms with Crippen molar-refractivity contribution in [3.05, 3.63) is 53.6 Å².